The standard InChI is InChI=1S/C23H15ClO4/c24-17-8-6-16(7-9-17)20(25)14-27-18-10-11-19-21(13-18)28-22(23(19)26)12-15-4-2-1-3-5-15/h1-13H,14H2. The zero-order chi connectivity index (χ0) is 19.5. The zero-order valence-corrected chi connectivity index (χ0v) is 15.5. The molecule has 5 heteroatoms. The Morgan fingerprint density at radius 1 is 1.00 bits per heavy atom. The summed E-state index contributed by atoms with van der Waals surface area (Å²) in [4.78, 5) is 24.7. The van der Waals surface area contributed by atoms with Crippen LogP contribution in [-0.2, 0) is 0 Å². The molecule has 0 atom stereocenters. The van der Waals surface area contributed by atoms with Crippen LogP contribution in [0.2, 0.25) is 5.02 Å². The molecule has 1 aliphatic heterocycles. The lowest BCUT2D eigenvalue weighted by atomic mass is 10.1. The molecule has 4 rings (SSSR count). The molecule has 0 amide bonds. The van der Waals surface area contributed by atoms with Gasteiger partial charge in [0.2, 0.25) is 5.78 Å². The van der Waals surface area contributed by atoms with Crippen LogP contribution in [-0.4, -0.2) is 18.2 Å². The van der Waals surface area contributed by atoms with Gasteiger partial charge in [-0.25, -0.2) is 0 Å². The van der Waals surface area contributed by atoms with Gasteiger partial charge in [-0.2, -0.15) is 0 Å². The van der Waals surface area contributed by atoms with E-state index in [2.05, 4.69) is 0 Å². The van der Waals surface area contributed by atoms with Crippen LogP contribution >= 0.6 is 11.6 Å². The highest BCUT2D eigenvalue weighted by Crippen LogP contribution is 2.34. The molecule has 4 nitrogen and oxygen atoms in total. The Bertz CT molecular complexity index is 1070. The first-order chi connectivity index (χ1) is 13.6. The van der Waals surface area contributed by atoms with Crippen LogP contribution in [0, 0.1) is 0 Å². The van der Waals surface area contributed by atoms with Gasteiger partial charge < -0.3 is 9.47 Å². The van der Waals surface area contributed by atoms with Gasteiger partial charge in [-0.1, -0.05) is 41.9 Å². The predicted molar refractivity (Wildman–Crippen MR) is 107 cm³/mol. The first kappa shape index (κ1) is 18.0. The van der Waals surface area contributed by atoms with Crippen molar-refractivity contribution in [2.45, 2.75) is 0 Å². The van der Waals surface area contributed by atoms with Crippen molar-refractivity contribution < 1.29 is 19.1 Å². The molecular weight excluding hydrogens is 376 g/mol. The Morgan fingerprint density at radius 3 is 2.50 bits per heavy atom. The molecule has 1 heterocycles. The molecule has 0 fully saturated rings. The van der Waals surface area contributed by atoms with Crippen LogP contribution in [0.5, 0.6) is 11.5 Å². The second-order valence-electron chi connectivity index (χ2n) is 6.23. The third-order valence-electron chi connectivity index (χ3n) is 4.27. The zero-order valence-electron chi connectivity index (χ0n) is 14.7. The minimum Gasteiger partial charge on any atom is -0.485 e. The topological polar surface area (TPSA) is 52.6 Å². The highest BCUT2D eigenvalue weighted by molar-refractivity contribution is 6.30. The lowest BCUT2D eigenvalue weighted by molar-refractivity contribution is 0.0921. The Kier molecular flexibility index (Phi) is 4.96. The second kappa shape index (κ2) is 7.71. The van der Waals surface area contributed by atoms with E-state index in [1.54, 1.807) is 48.5 Å². The van der Waals surface area contributed by atoms with E-state index in [0.29, 0.717) is 27.6 Å². The quantitative estimate of drug-likeness (QED) is 0.443. The minimum atomic E-state index is -0.178. The highest BCUT2D eigenvalue weighted by atomic mass is 35.5. The largest absolute Gasteiger partial charge is 0.485 e. The van der Waals surface area contributed by atoms with E-state index < -0.39 is 0 Å². The van der Waals surface area contributed by atoms with E-state index in [-0.39, 0.29) is 23.9 Å². The molecule has 28 heavy (non-hydrogen) atoms. The van der Waals surface area contributed by atoms with Gasteiger partial charge in [-0.3, -0.25) is 9.59 Å². The predicted octanol–water partition coefficient (Wildman–Crippen LogP) is 5.22. The Morgan fingerprint density at radius 2 is 1.75 bits per heavy atom. The molecule has 0 saturated heterocycles. The molecule has 138 valence electrons. The van der Waals surface area contributed by atoms with Crippen LogP contribution in [0.4, 0.5) is 0 Å². The number of hydrogen-bond acceptors (Lipinski definition) is 4. The molecule has 0 aliphatic carbocycles. The maximum Gasteiger partial charge on any atom is 0.231 e. The first-order valence-electron chi connectivity index (χ1n) is 8.65. The molecule has 0 saturated carbocycles. The summed E-state index contributed by atoms with van der Waals surface area (Å²) >= 11 is 5.83. The molecular formula is C23H15ClO4. The number of allylic oxidation sites excluding steroid dienone is 1. The van der Waals surface area contributed by atoms with Crippen molar-refractivity contribution in [3.8, 4) is 11.5 Å². The third kappa shape index (κ3) is 3.82. The minimum absolute atomic E-state index is 0.124. The summed E-state index contributed by atoms with van der Waals surface area (Å²) in [7, 11) is 0. The molecule has 3 aromatic carbocycles. The highest BCUT2D eigenvalue weighted by Gasteiger charge is 2.27. The van der Waals surface area contributed by atoms with Gasteiger partial charge in [0.25, 0.3) is 0 Å². The number of carbonyl (C=O) groups is 2. The Hall–Kier alpha value is -3.37. The summed E-state index contributed by atoms with van der Waals surface area (Å²) in [6, 6.07) is 21.0. The fourth-order valence-electron chi connectivity index (χ4n) is 2.83. The van der Waals surface area contributed by atoms with Crippen LogP contribution in [0.3, 0.4) is 0 Å². The van der Waals surface area contributed by atoms with Crippen LogP contribution in [0.1, 0.15) is 26.3 Å². The van der Waals surface area contributed by atoms with Crippen molar-refractivity contribution in [2.75, 3.05) is 6.61 Å². The first-order valence-corrected chi connectivity index (χ1v) is 9.03. The number of halogens is 1. The van der Waals surface area contributed by atoms with Crippen LogP contribution in [0.15, 0.2) is 78.6 Å². The molecule has 1 aliphatic rings. The second-order valence-corrected chi connectivity index (χ2v) is 6.66. The van der Waals surface area contributed by atoms with Crippen molar-refractivity contribution in [2.24, 2.45) is 0 Å². The van der Waals surface area contributed by atoms with Crippen LogP contribution < -0.4 is 9.47 Å². The molecule has 3 aromatic rings. The van der Waals surface area contributed by atoms with Crippen molar-refractivity contribution in [1.82, 2.24) is 0 Å². The number of hydrogen-bond donors (Lipinski definition) is 0. The summed E-state index contributed by atoms with van der Waals surface area (Å²) in [6.45, 7) is -0.124. The van der Waals surface area contributed by atoms with E-state index >= 15 is 0 Å². The third-order valence-corrected chi connectivity index (χ3v) is 4.53. The van der Waals surface area contributed by atoms with E-state index in [4.69, 9.17) is 21.1 Å². The van der Waals surface area contributed by atoms with Gasteiger partial charge in [0.05, 0.1) is 5.56 Å². The molecule has 0 spiro atoms. The molecule has 0 bridgehead atoms. The summed E-state index contributed by atoms with van der Waals surface area (Å²) < 4.78 is 11.3. The number of Topliss-reactive ketones (excluding diaryl/α,β-unsaturated/α-hetero) is 2. The van der Waals surface area contributed by atoms with Gasteiger partial charge in [-0.15, -0.1) is 0 Å². The van der Waals surface area contributed by atoms with Gasteiger partial charge >= 0.3 is 0 Å². The smallest absolute Gasteiger partial charge is 0.231 e. The normalized spacial score (nSPS) is 13.9. The van der Waals surface area contributed by atoms with Gasteiger partial charge in [0.1, 0.15) is 11.5 Å². The Labute approximate surface area is 167 Å². The lowest BCUT2D eigenvalue weighted by Gasteiger charge is -2.07. The maximum absolute atomic E-state index is 12.5. The van der Waals surface area contributed by atoms with Gasteiger partial charge in [0.15, 0.2) is 18.1 Å². The molecule has 0 aromatic heterocycles. The average molecular weight is 391 g/mol. The SMILES string of the molecule is O=C(COc1ccc2c(c1)OC(=Cc1ccccc1)C2=O)c1ccc(Cl)cc1. The van der Waals surface area contributed by atoms with E-state index in [9.17, 15) is 9.59 Å². The van der Waals surface area contributed by atoms with E-state index in [1.165, 1.54) is 0 Å². The summed E-state index contributed by atoms with van der Waals surface area (Å²) in [5, 5.41) is 0.567. The van der Waals surface area contributed by atoms with Crippen molar-refractivity contribution in [3.63, 3.8) is 0 Å². The number of ether oxygens (including phenoxy) is 2. The number of benzene rings is 3. The maximum atomic E-state index is 12.5. The summed E-state index contributed by atoms with van der Waals surface area (Å²) in [6.07, 6.45) is 1.70. The number of rotatable bonds is 5. The Balaban J connectivity index is 1.46. The van der Waals surface area contributed by atoms with E-state index in [0.717, 1.165) is 5.56 Å². The molecule has 0 radical (unpaired) electrons. The van der Waals surface area contributed by atoms with Gasteiger partial charge in [-0.05, 0) is 48.0 Å². The van der Waals surface area contributed by atoms with Crippen molar-refractivity contribution >= 4 is 29.2 Å². The summed E-state index contributed by atoms with van der Waals surface area (Å²) in [5.41, 5.74) is 1.87. The monoisotopic (exact) mass is 390 g/mol. The molecule has 0 unspecified atom stereocenters. The fourth-order valence-corrected chi connectivity index (χ4v) is 2.95. The van der Waals surface area contributed by atoms with Crippen molar-refractivity contribution in [3.05, 3.63) is 100 Å². The number of fused-ring (bicyclic) bond motifs is 1. The van der Waals surface area contributed by atoms with Gasteiger partial charge in [0, 0.05) is 16.7 Å². The van der Waals surface area contributed by atoms with Crippen molar-refractivity contribution in [1.29, 1.82) is 0 Å². The number of ketones is 2. The summed E-state index contributed by atoms with van der Waals surface area (Å²) in [5.74, 6) is 0.788. The number of carbonyl (C=O) groups excluding carboxylic acids is 2. The fraction of sp³-hybridized carbons (Fsp3) is 0.0435. The lowest BCUT2D eigenvalue weighted by Crippen LogP contribution is -2.11. The average Bonchev–Trinajstić information content (AvgIpc) is 3.02. The molecule has 0 N–H and O–H groups in total. The van der Waals surface area contributed by atoms with Crippen LogP contribution in [0.25, 0.3) is 6.08 Å². The van der Waals surface area contributed by atoms with E-state index in [1.807, 2.05) is 30.3 Å².